The topological polar surface area (TPSA) is 30.5 Å². The summed E-state index contributed by atoms with van der Waals surface area (Å²) in [6, 6.07) is 7.20. The van der Waals surface area contributed by atoms with Gasteiger partial charge in [-0.15, -0.1) is 0 Å². The molecule has 0 heterocycles. The number of rotatable bonds is 5. The van der Waals surface area contributed by atoms with Gasteiger partial charge in [-0.05, 0) is 39.2 Å². The molecule has 0 aromatic heterocycles. The van der Waals surface area contributed by atoms with E-state index in [1.807, 2.05) is 0 Å². The van der Waals surface area contributed by atoms with E-state index in [1.54, 1.807) is 14.2 Å². The summed E-state index contributed by atoms with van der Waals surface area (Å²) in [5, 5.41) is 3.70. The molecule has 1 saturated carbocycles. The molecular weight excluding hydrogens is 238 g/mol. The Balaban J connectivity index is 2.03. The van der Waals surface area contributed by atoms with Crippen LogP contribution in [0.3, 0.4) is 0 Å². The van der Waals surface area contributed by atoms with Crippen LogP contribution < -0.4 is 10.1 Å². The van der Waals surface area contributed by atoms with E-state index in [9.17, 15) is 0 Å². The van der Waals surface area contributed by atoms with Gasteiger partial charge in [-0.2, -0.15) is 0 Å². The molecule has 0 spiro atoms. The summed E-state index contributed by atoms with van der Waals surface area (Å²) in [5.41, 5.74) is 2.51. The van der Waals surface area contributed by atoms with Gasteiger partial charge >= 0.3 is 0 Å². The van der Waals surface area contributed by atoms with Crippen LogP contribution in [0, 0.1) is 6.92 Å². The molecular formula is C16H25NO2. The Hall–Kier alpha value is -1.06. The third-order valence-electron chi connectivity index (χ3n) is 4.06. The van der Waals surface area contributed by atoms with Crippen molar-refractivity contribution in [2.45, 2.75) is 51.3 Å². The van der Waals surface area contributed by atoms with E-state index in [-0.39, 0.29) is 0 Å². The Labute approximate surface area is 116 Å². The first-order valence-corrected chi connectivity index (χ1v) is 7.07. The first-order chi connectivity index (χ1) is 9.13. The van der Waals surface area contributed by atoms with Gasteiger partial charge in [0.1, 0.15) is 5.75 Å². The van der Waals surface area contributed by atoms with Crippen LogP contribution in [-0.4, -0.2) is 26.4 Å². The van der Waals surface area contributed by atoms with Gasteiger partial charge in [0.05, 0.1) is 13.2 Å². The third-order valence-corrected chi connectivity index (χ3v) is 4.06. The summed E-state index contributed by atoms with van der Waals surface area (Å²) < 4.78 is 10.9. The average molecular weight is 263 g/mol. The standard InChI is InChI=1S/C16H25NO2/c1-11-5-8-16(19-4)15(9-11)12(2)17-13-6-7-14(10-13)18-3/h5,8-9,12-14,17H,6-7,10H2,1-4H3. The minimum absolute atomic E-state index is 0.301. The average Bonchev–Trinajstić information content (AvgIpc) is 2.86. The van der Waals surface area contributed by atoms with Crippen molar-refractivity contribution < 1.29 is 9.47 Å². The highest BCUT2D eigenvalue weighted by Crippen LogP contribution is 2.29. The van der Waals surface area contributed by atoms with E-state index in [0.29, 0.717) is 18.2 Å². The molecule has 0 saturated heterocycles. The van der Waals surface area contributed by atoms with Gasteiger partial charge in [0, 0.05) is 24.8 Å². The summed E-state index contributed by atoms with van der Waals surface area (Å²) in [6.07, 6.45) is 3.88. The number of hydrogen-bond donors (Lipinski definition) is 1. The lowest BCUT2D eigenvalue weighted by molar-refractivity contribution is 0.106. The van der Waals surface area contributed by atoms with Gasteiger partial charge in [-0.1, -0.05) is 17.7 Å². The number of nitrogens with one attached hydrogen (secondary N) is 1. The predicted molar refractivity (Wildman–Crippen MR) is 77.7 cm³/mol. The zero-order valence-electron chi connectivity index (χ0n) is 12.4. The molecule has 2 rings (SSSR count). The van der Waals surface area contributed by atoms with Crippen molar-refractivity contribution in [1.29, 1.82) is 0 Å². The second kappa shape index (κ2) is 6.40. The van der Waals surface area contributed by atoms with E-state index >= 15 is 0 Å². The molecule has 3 nitrogen and oxygen atoms in total. The highest BCUT2D eigenvalue weighted by Gasteiger charge is 2.26. The molecule has 1 N–H and O–H groups in total. The summed E-state index contributed by atoms with van der Waals surface area (Å²) in [4.78, 5) is 0. The quantitative estimate of drug-likeness (QED) is 0.884. The minimum Gasteiger partial charge on any atom is -0.496 e. The summed E-state index contributed by atoms with van der Waals surface area (Å²) in [5.74, 6) is 0.965. The fourth-order valence-electron chi connectivity index (χ4n) is 2.94. The highest BCUT2D eigenvalue weighted by molar-refractivity contribution is 5.38. The van der Waals surface area contributed by atoms with Crippen LogP contribution in [0.5, 0.6) is 5.75 Å². The van der Waals surface area contributed by atoms with E-state index in [1.165, 1.54) is 17.5 Å². The SMILES string of the molecule is COc1ccc(C)cc1C(C)NC1CCC(OC)C1. The second-order valence-electron chi connectivity index (χ2n) is 5.50. The third kappa shape index (κ3) is 3.48. The molecule has 1 fully saturated rings. The second-order valence-corrected chi connectivity index (χ2v) is 5.50. The maximum atomic E-state index is 5.46. The Morgan fingerprint density at radius 2 is 2.05 bits per heavy atom. The number of hydrogen-bond acceptors (Lipinski definition) is 3. The molecule has 0 bridgehead atoms. The number of methoxy groups -OCH3 is 2. The zero-order valence-corrected chi connectivity index (χ0v) is 12.4. The van der Waals surface area contributed by atoms with Gasteiger partial charge in [-0.25, -0.2) is 0 Å². The molecule has 0 amide bonds. The monoisotopic (exact) mass is 263 g/mol. The molecule has 1 aliphatic rings. The van der Waals surface area contributed by atoms with Crippen molar-refractivity contribution in [2.75, 3.05) is 14.2 Å². The van der Waals surface area contributed by atoms with Crippen LogP contribution in [-0.2, 0) is 4.74 Å². The molecule has 3 unspecified atom stereocenters. The summed E-state index contributed by atoms with van der Waals surface area (Å²) in [7, 11) is 3.54. The van der Waals surface area contributed by atoms with Crippen LogP contribution in [0.25, 0.3) is 0 Å². The summed E-state index contributed by atoms with van der Waals surface area (Å²) in [6.45, 7) is 4.32. The molecule has 3 atom stereocenters. The molecule has 19 heavy (non-hydrogen) atoms. The van der Waals surface area contributed by atoms with Gasteiger partial charge in [0.25, 0.3) is 0 Å². The smallest absolute Gasteiger partial charge is 0.123 e. The van der Waals surface area contributed by atoms with E-state index in [4.69, 9.17) is 9.47 Å². The Morgan fingerprint density at radius 3 is 2.68 bits per heavy atom. The van der Waals surface area contributed by atoms with Gasteiger partial charge < -0.3 is 14.8 Å². The van der Waals surface area contributed by atoms with E-state index in [2.05, 4.69) is 37.4 Å². The van der Waals surface area contributed by atoms with Crippen molar-refractivity contribution in [3.05, 3.63) is 29.3 Å². The van der Waals surface area contributed by atoms with Crippen LogP contribution in [0.1, 0.15) is 43.4 Å². The van der Waals surface area contributed by atoms with Crippen molar-refractivity contribution in [3.8, 4) is 5.75 Å². The number of benzene rings is 1. The Kier molecular flexibility index (Phi) is 4.83. The molecule has 1 aromatic carbocycles. The normalized spacial score (nSPS) is 24.4. The highest BCUT2D eigenvalue weighted by atomic mass is 16.5. The Morgan fingerprint density at radius 1 is 1.26 bits per heavy atom. The molecule has 1 aliphatic carbocycles. The number of aryl methyl sites for hydroxylation is 1. The molecule has 3 heteroatoms. The van der Waals surface area contributed by atoms with Crippen molar-refractivity contribution in [3.63, 3.8) is 0 Å². The molecule has 0 aliphatic heterocycles. The number of ether oxygens (including phenoxy) is 2. The predicted octanol–water partition coefficient (Wildman–Crippen LogP) is 3.22. The van der Waals surface area contributed by atoms with Gasteiger partial charge in [0.2, 0.25) is 0 Å². The van der Waals surface area contributed by atoms with Crippen LogP contribution in [0.2, 0.25) is 0 Å². The van der Waals surface area contributed by atoms with Crippen molar-refractivity contribution >= 4 is 0 Å². The van der Waals surface area contributed by atoms with Crippen molar-refractivity contribution in [1.82, 2.24) is 5.32 Å². The lowest BCUT2D eigenvalue weighted by Crippen LogP contribution is -2.30. The lowest BCUT2D eigenvalue weighted by Gasteiger charge is -2.22. The van der Waals surface area contributed by atoms with Gasteiger partial charge in [-0.3, -0.25) is 0 Å². The fraction of sp³-hybridized carbons (Fsp3) is 0.625. The minimum atomic E-state index is 0.301. The van der Waals surface area contributed by atoms with Crippen molar-refractivity contribution in [2.24, 2.45) is 0 Å². The van der Waals surface area contributed by atoms with Crippen LogP contribution in [0.4, 0.5) is 0 Å². The van der Waals surface area contributed by atoms with Crippen LogP contribution >= 0.6 is 0 Å². The first-order valence-electron chi connectivity index (χ1n) is 7.07. The zero-order chi connectivity index (χ0) is 13.8. The van der Waals surface area contributed by atoms with E-state index < -0.39 is 0 Å². The molecule has 1 aromatic rings. The van der Waals surface area contributed by atoms with Gasteiger partial charge in [0.15, 0.2) is 0 Å². The summed E-state index contributed by atoms with van der Waals surface area (Å²) >= 11 is 0. The fourth-order valence-corrected chi connectivity index (χ4v) is 2.94. The molecule has 106 valence electrons. The van der Waals surface area contributed by atoms with Crippen LogP contribution in [0.15, 0.2) is 18.2 Å². The largest absolute Gasteiger partial charge is 0.496 e. The molecule has 0 radical (unpaired) electrons. The first kappa shape index (κ1) is 14.4. The lowest BCUT2D eigenvalue weighted by atomic mass is 10.0. The van der Waals surface area contributed by atoms with E-state index in [0.717, 1.165) is 18.6 Å². The maximum Gasteiger partial charge on any atom is 0.123 e. The Bertz CT molecular complexity index is 419. The maximum absolute atomic E-state index is 5.46.